The van der Waals surface area contributed by atoms with Gasteiger partial charge in [0, 0.05) is 16.5 Å². The van der Waals surface area contributed by atoms with E-state index in [0.717, 1.165) is 27.3 Å². The fraction of sp³-hybridized carbons (Fsp3) is 0.263. The normalized spacial score (nSPS) is 12.5. The number of halogens is 2. The Morgan fingerprint density at radius 3 is 2.46 bits per heavy atom. The molecule has 1 aromatic heterocycles. The van der Waals surface area contributed by atoms with Gasteiger partial charge in [-0.25, -0.2) is 4.39 Å². The Balaban J connectivity index is 1.97. The molecule has 7 heteroatoms. The van der Waals surface area contributed by atoms with Gasteiger partial charge in [0.15, 0.2) is 11.0 Å². The first-order valence-corrected chi connectivity index (χ1v) is 9.57. The standard InChI is InChI=1S/C19H20ClFN4S/c1-13(24(2)3)18-22-23-19(25(18)16-10-8-15(21)9-11-16)26-12-14-6-4-5-7-17(14)20/h4-11,13H,12H2,1-3H3. The Hall–Kier alpha value is -1.89. The fourth-order valence-electron chi connectivity index (χ4n) is 2.47. The maximum Gasteiger partial charge on any atom is 0.196 e. The van der Waals surface area contributed by atoms with E-state index in [1.165, 1.54) is 12.1 Å². The van der Waals surface area contributed by atoms with E-state index in [1.807, 2.05) is 42.9 Å². The van der Waals surface area contributed by atoms with Gasteiger partial charge in [-0.1, -0.05) is 41.6 Å². The third-order valence-electron chi connectivity index (χ3n) is 4.21. The first-order chi connectivity index (χ1) is 12.5. The van der Waals surface area contributed by atoms with Crippen LogP contribution < -0.4 is 0 Å². The molecule has 0 fully saturated rings. The van der Waals surface area contributed by atoms with Crippen molar-refractivity contribution in [2.24, 2.45) is 0 Å². The van der Waals surface area contributed by atoms with Crippen LogP contribution in [-0.4, -0.2) is 33.8 Å². The zero-order valence-electron chi connectivity index (χ0n) is 14.9. The van der Waals surface area contributed by atoms with E-state index in [0.29, 0.717) is 5.75 Å². The van der Waals surface area contributed by atoms with Crippen molar-refractivity contribution >= 4 is 23.4 Å². The second kappa shape index (κ2) is 8.20. The number of rotatable bonds is 6. The summed E-state index contributed by atoms with van der Waals surface area (Å²) in [5, 5.41) is 10.3. The minimum atomic E-state index is -0.269. The molecule has 1 heterocycles. The number of aromatic nitrogens is 3. The second-order valence-corrected chi connectivity index (χ2v) is 7.52. The van der Waals surface area contributed by atoms with Gasteiger partial charge in [-0.15, -0.1) is 10.2 Å². The fourth-order valence-corrected chi connectivity index (χ4v) is 3.71. The summed E-state index contributed by atoms with van der Waals surface area (Å²) in [6.45, 7) is 2.06. The van der Waals surface area contributed by atoms with Crippen molar-refractivity contribution in [1.82, 2.24) is 19.7 Å². The molecule has 26 heavy (non-hydrogen) atoms. The summed E-state index contributed by atoms with van der Waals surface area (Å²) in [6.07, 6.45) is 0. The topological polar surface area (TPSA) is 34.0 Å². The molecule has 0 radical (unpaired) electrons. The lowest BCUT2D eigenvalue weighted by atomic mass is 10.2. The molecule has 0 spiro atoms. The van der Waals surface area contributed by atoms with E-state index in [4.69, 9.17) is 11.6 Å². The predicted molar refractivity (Wildman–Crippen MR) is 104 cm³/mol. The van der Waals surface area contributed by atoms with E-state index in [1.54, 1.807) is 23.9 Å². The summed E-state index contributed by atoms with van der Waals surface area (Å²) in [5.41, 5.74) is 1.87. The van der Waals surface area contributed by atoms with Crippen molar-refractivity contribution in [3.63, 3.8) is 0 Å². The van der Waals surface area contributed by atoms with E-state index in [2.05, 4.69) is 22.0 Å². The summed E-state index contributed by atoms with van der Waals surface area (Å²) in [4.78, 5) is 2.06. The molecular formula is C19H20ClFN4S. The number of benzene rings is 2. The van der Waals surface area contributed by atoms with Crippen LogP contribution >= 0.6 is 23.4 Å². The van der Waals surface area contributed by atoms with Crippen LogP contribution in [0.3, 0.4) is 0 Å². The third kappa shape index (κ3) is 4.09. The van der Waals surface area contributed by atoms with Gasteiger partial charge in [-0.05, 0) is 56.9 Å². The van der Waals surface area contributed by atoms with Gasteiger partial charge in [-0.3, -0.25) is 9.47 Å². The lowest BCUT2D eigenvalue weighted by Crippen LogP contribution is -2.20. The Morgan fingerprint density at radius 2 is 1.81 bits per heavy atom. The third-order valence-corrected chi connectivity index (χ3v) is 5.55. The Kier molecular flexibility index (Phi) is 5.96. The quantitative estimate of drug-likeness (QED) is 0.556. The van der Waals surface area contributed by atoms with Crippen LogP contribution in [0, 0.1) is 5.82 Å². The molecule has 0 bridgehead atoms. The minimum absolute atomic E-state index is 0.0576. The highest BCUT2D eigenvalue weighted by Gasteiger charge is 2.21. The zero-order chi connectivity index (χ0) is 18.7. The predicted octanol–water partition coefficient (Wildman–Crippen LogP) is 4.97. The van der Waals surface area contributed by atoms with Gasteiger partial charge in [0.25, 0.3) is 0 Å². The van der Waals surface area contributed by atoms with Crippen molar-refractivity contribution in [2.75, 3.05) is 14.1 Å². The highest BCUT2D eigenvalue weighted by Crippen LogP contribution is 2.30. The van der Waals surface area contributed by atoms with Gasteiger partial charge in [0.05, 0.1) is 6.04 Å². The van der Waals surface area contributed by atoms with Crippen LogP contribution in [0.15, 0.2) is 53.7 Å². The van der Waals surface area contributed by atoms with Gasteiger partial charge < -0.3 is 0 Å². The van der Waals surface area contributed by atoms with Crippen LogP contribution in [0.4, 0.5) is 4.39 Å². The second-order valence-electron chi connectivity index (χ2n) is 6.17. The molecule has 136 valence electrons. The van der Waals surface area contributed by atoms with E-state index >= 15 is 0 Å². The maximum atomic E-state index is 13.4. The van der Waals surface area contributed by atoms with Gasteiger partial charge in [-0.2, -0.15) is 0 Å². The summed E-state index contributed by atoms with van der Waals surface area (Å²) in [6, 6.07) is 14.2. The molecule has 3 rings (SSSR count). The number of hydrogen-bond donors (Lipinski definition) is 0. The molecule has 0 saturated heterocycles. The van der Waals surface area contributed by atoms with Gasteiger partial charge >= 0.3 is 0 Å². The molecule has 0 saturated carbocycles. The summed E-state index contributed by atoms with van der Waals surface area (Å²) in [5.74, 6) is 1.22. The number of thioether (sulfide) groups is 1. The number of hydrogen-bond acceptors (Lipinski definition) is 4. The van der Waals surface area contributed by atoms with Crippen molar-refractivity contribution < 1.29 is 4.39 Å². The number of nitrogens with zero attached hydrogens (tertiary/aromatic N) is 4. The Labute approximate surface area is 162 Å². The molecule has 0 N–H and O–H groups in total. The van der Waals surface area contributed by atoms with E-state index < -0.39 is 0 Å². The smallest absolute Gasteiger partial charge is 0.196 e. The van der Waals surface area contributed by atoms with Crippen LogP contribution in [0.1, 0.15) is 24.4 Å². The zero-order valence-corrected chi connectivity index (χ0v) is 16.4. The Morgan fingerprint density at radius 1 is 1.12 bits per heavy atom. The van der Waals surface area contributed by atoms with Crippen molar-refractivity contribution in [2.45, 2.75) is 23.9 Å². The summed E-state index contributed by atoms with van der Waals surface area (Å²) < 4.78 is 15.3. The van der Waals surface area contributed by atoms with E-state index in [-0.39, 0.29) is 11.9 Å². The monoisotopic (exact) mass is 390 g/mol. The summed E-state index contributed by atoms with van der Waals surface area (Å²) in [7, 11) is 3.98. The molecule has 0 aliphatic heterocycles. The van der Waals surface area contributed by atoms with Gasteiger partial charge in [0.1, 0.15) is 5.82 Å². The molecule has 0 amide bonds. The molecule has 0 aliphatic carbocycles. The molecule has 0 aliphatic rings. The maximum absolute atomic E-state index is 13.4. The van der Waals surface area contributed by atoms with Crippen LogP contribution in [0.5, 0.6) is 0 Å². The summed E-state index contributed by atoms with van der Waals surface area (Å²) >= 11 is 7.81. The average Bonchev–Trinajstić information content (AvgIpc) is 3.04. The van der Waals surface area contributed by atoms with E-state index in [9.17, 15) is 4.39 Å². The van der Waals surface area contributed by atoms with Gasteiger partial charge in [0.2, 0.25) is 0 Å². The average molecular weight is 391 g/mol. The SMILES string of the molecule is CC(c1nnc(SCc2ccccc2Cl)n1-c1ccc(F)cc1)N(C)C. The van der Waals surface area contributed by atoms with Crippen LogP contribution in [-0.2, 0) is 5.75 Å². The first-order valence-electron chi connectivity index (χ1n) is 8.21. The van der Waals surface area contributed by atoms with Crippen LogP contribution in [0.25, 0.3) is 5.69 Å². The highest BCUT2D eigenvalue weighted by atomic mass is 35.5. The van der Waals surface area contributed by atoms with Crippen molar-refractivity contribution in [1.29, 1.82) is 0 Å². The molecule has 1 unspecified atom stereocenters. The molecule has 4 nitrogen and oxygen atoms in total. The van der Waals surface area contributed by atoms with Crippen LogP contribution in [0.2, 0.25) is 5.02 Å². The lowest BCUT2D eigenvalue weighted by Gasteiger charge is -2.20. The molecule has 1 atom stereocenters. The molecule has 2 aromatic carbocycles. The van der Waals surface area contributed by atoms with Crippen molar-refractivity contribution in [3.8, 4) is 5.69 Å². The molecule has 3 aromatic rings. The lowest BCUT2D eigenvalue weighted by molar-refractivity contribution is 0.305. The van der Waals surface area contributed by atoms with Crippen molar-refractivity contribution in [3.05, 3.63) is 70.8 Å². The first kappa shape index (κ1) is 18.9. The Bertz CT molecular complexity index is 880. The molecular weight excluding hydrogens is 371 g/mol. The minimum Gasteiger partial charge on any atom is -0.300 e. The highest BCUT2D eigenvalue weighted by molar-refractivity contribution is 7.98. The largest absolute Gasteiger partial charge is 0.300 e.